The van der Waals surface area contributed by atoms with Gasteiger partial charge >= 0.3 is 0 Å². The summed E-state index contributed by atoms with van der Waals surface area (Å²) in [6.45, 7) is 2.96. The van der Waals surface area contributed by atoms with E-state index in [1.54, 1.807) is 18.3 Å². The minimum atomic E-state index is -0.380. The molecule has 0 atom stereocenters. The standard InChI is InChI=1S/C12H14N4O2/c1-8-2-3-10(16(17)18)9-4-6-14-12(11(8)9)15-7-5-13/h2-4,6H,5,7,13H2,1H3,(H,14,15). The lowest BCUT2D eigenvalue weighted by Gasteiger charge is -2.10. The Hall–Kier alpha value is -2.21. The van der Waals surface area contributed by atoms with Crippen molar-refractivity contribution >= 4 is 22.3 Å². The van der Waals surface area contributed by atoms with Gasteiger partial charge in [0.1, 0.15) is 5.82 Å². The largest absolute Gasteiger partial charge is 0.368 e. The summed E-state index contributed by atoms with van der Waals surface area (Å²) >= 11 is 0. The molecule has 0 amide bonds. The average Bonchev–Trinajstić information content (AvgIpc) is 2.36. The fourth-order valence-corrected chi connectivity index (χ4v) is 1.94. The highest BCUT2D eigenvalue weighted by atomic mass is 16.6. The van der Waals surface area contributed by atoms with E-state index in [2.05, 4.69) is 10.3 Å². The van der Waals surface area contributed by atoms with Gasteiger partial charge in [0, 0.05) is 30.7 Å². The number of hydrogen-bond donors (Lipinski definition) is 2. The Morgan fingerprint density at radius 2 is 2.22 bits per heavy atom. The van der Waals surface area contributed by atoms with Crippen LogP contribution in [0.15, 0.2) is 24.4 Å². The maximum atomic E-state index is 11.0. The molecule has 0 aliphatic heterocycles. The van der Waals surface area contributed by atoms with E-state index < -0.39 is 0 Å². The van der Waals surface area contributed by atoms with Crippen LogP contribution in [0.25, 0.3) is 10.8 Å². The molecule has 0 aliphatic rings. The Morgan fingerprint density at radius 3 is 2.89 bits per heavy atom. The van der Waals surface area contributed by atoms with Gasteiger partial charge in [0.05, 0.1) is 10.3 Å². The maximum absolute atomic E-state index is 11.0. The number of nitro benzene ring substituents is 1. The molecule has 0 radical (unpaired) electrons. The van der Waals surface area contributed by atoms with E-state index in [1.165, 1.54) is 6.07 Å². The quantitative estimate of drug-likeness (QED) is 0.634. The van der Waals surface area contributed by atoms with E-state index in [9.17, 15) is 10.1 Å². The summed E-state index contributed by atoms with van der Waals surface area (Å²) in [6, 6.07) is 4.91. The summed E-state index contributed by atoms with van der Waals surface area (Å²) in [5, 5.41) is 15.5. The predicted molar refractivity (Wildman–Crippen MR) is 70.7 cm³/mol. The molecule has 2 rings (SSSR count). The molecule has 18 heavy (non-hydrogen) atoms. The second kappa shape index (κ2) is 4.97. The molecule has 0 saturated heterocycles. The maximum Gasteiger partial charge on any atom is 0.277 e. The van der Waals surface area contributed by atoms with Gasteiger partial charge in [-0.25, -0.2) is 4.98 Å². The molecule has 6 nitrogen and oxygen atoms in total. The van der Waals surface area contributed by atoms with Crippen LogP contribution >= 0.6 is 0 Å². The van der Waals surface area contributed by atoms with Gasteiger partial charge in [0.15, 0.2) is 0 Å². The number of pyridine rings is 1. The number of aromatic nitrogens is 1. The highest BCUT2D eigenvalue weighted by Crippen LogP contribution is 2.31. The van der Waals surface area contributed by atoms with Crippen LogP contribution in [-0.2, 0) is 0 Å². The van der Waals surface area contributed by atoms with Gasteiger partial charge in [-0.3, -0.25) is 10.1 Å². The first-order chi connectivity index (χ1) is 8.65. The van der Waals surface area contributed by atoms with E-state index in [1.807, 2.05) is 6.92 Å². The molecular formula is C12H14N4O2. The van der Waals surface area contributed by atoms with Crippen molar-refractivity contribution in [3.05, 3.63) is 40.1 Å². The van der Waals surface area contributed by atoms with E-state index >= 15 is 0 Å². The Morgan fingerprint density at radius 1 is 1.44 bits per heavy atom. The molecular weight excluding hydrogens is 232 g/mol. The van der Waals surface area contributed by atoms with E-state index in [-0.39, 0.29) is 10.6 Å². The summed E-state index contributed by atoms with van der Waals surface area (Å²) in [5.41, 5.74) is 6.48. The summed E-state index contributed by atoms with van der Waals surface area (Å²) in [4.78, 5) is 14.8. The van der Waals surface area contributed by atoms with Gasteiger partial charge < -0.3 is 11.1 Å². The Kier molecular flexibility index (Phi) is 3.38. The SMILES string of the molecule is Cc1ccc([N+](=O)[O-])c2ccnc(NCCN)c12. The van der Waals surface area contributed by atoms with Crippen LogP contribution in [-0.4, -0.2) is 23.0 Å². The monoisotopic (exact) mass is 246 g/mol. The Labute approximate surface area is 104 Å². The van der Waals surface area contributed by atoms with Crippen molar-refractivity contribution in [1.82, 2.24) is 4.98 Å². The smallest absolute Gasteiger partial charge is 0.277 e. The summed E-state index contributed by atoms with van der Waals surface area (Å²) in [5.74, 6) is 0.638. The fraction of sp³-hybridized carbons (Fsp3) is 0.250. The molecule has 0 spiro atoms. The fourth-order valence-electron chi connectivity index (χ4n) is 1.94. The molecule has 3 N–H and O–H groups in total. The zero-order chi connectivity index (χ0) is 13.1. The molecule has 0 bridgehead atoms. The van der Waals surface area contributed by atoms with Crippen LogP contribution in [0.3, 0.4) is 0 Å². The van der Waals surface area contributed by atoms with Crippen LogP contribution in [0.2, 0.25) is 0 Å². The lowest BCUT2D eigenvalue weighted by atomic mass is 10.1. The topological polar surface area (TPSA) is 94.1 Å². The van der Waals surface area contributed by atoms with Crippen molar-refractivity contribution in [2.24, 2.45) is 5.73 Å². The average molecular weight is 246 g/mol. The number of nitrogens with one attached hydrogen (secondary N) is 1. The van der Waals surface area contributed by atoms with E-state index in [4.69, 9.17) is 5.73 Å². The summed E-state index contributed by atoms with van der Waals surface area (Å²) in [7, 11) is 0. The summed E-state index contributed by atoms with van der Waals surface area (Å²) < 4.78 is 0. The van der Waals surface area contributed by atoms with Crippen molar-refractivity contribution in [1.29, 1.82) is 0 Å². The Balaban J connectivity index is 2.67. The van der Waals surface area contributed by atoms with Crippen molar-refractivity contribution in [3.8, 4) is 0 Å². The lowest BCUT2D eigenvalue weighted by Crippen LogP contribution is -2.14. The number of nitro groups is 1. The number of nitrogens with zero attached hydrogens (tertiary/aromatic N) is 2. The first kappa shape index (κ1) is 12.3. The van der Waals surface area contributed by atoms with Crippen LogP contribution in [0.1, 0.15) is 5.56 Å². The Bertz CT molecular complexity index is 598. The molecule has 0 fully saturated rings. The van der Waals surface area contributed by atoms with Crippen molar-refractivity contribution in [2.75, 3.05) is 18.4 Å². The van der Waals surface area contributed by atoms with Crippen LogP contribution in [0.4, 0.5) is 11.5 Å². The van der Waals surface area contributed by atoms with Gasteiger partial charge in [0.25, 0.3) is 5.69 Å². The summed E-state index contributed by atoms with van der Waals surface area (Å²) in [6.07, 6.45) is 1.56. The van der Waals surface area contributed by atoms with Gasteiger partial charge in [-0.1, -0.05) is 6.07 Å². The van der Waals surface area contributed by atoms with Crippen LogP contribution in [0, 0.1) is 17.0 Å². The molecule has 2 aromatic rings. The molecule has 94 valence electrons. The van der Waals surface area contributed by atoms with Gasteiger partial charge in [-0.2, -0.15) is 0 Å². The number of nitrogens with two attached hydrogens (primary N) is 1. The van der Waals surface area contributed by atoms with Crippen LogP contribution < -0.4 is 11.1 Å². The minimum absolute atomic E-state index is 0.0915. The third kappa shape index (κ3) is 2.10. The zero-order valence-corrected chi connectivity index (χ0v) is 10.0. The van der Waals surface area contributed by atoms with Crippen molar-refractivity contribution < 1.29 is 4.92 Å². The van der Waals surface area contributed by atoms with E-state index in [0.29, 0.717) is 24.3 Å². The third-order valence-corrected chi connectivity index (χ3v) is 2.75. The second-order valence-electron chi connectivity index (χ2n) is 3.96. The van der Waals surface area contributed by atoms with Gasteiger partial charge in [-0.05, 0) is 18.6 Å². The molecule has 6 heteroatoms. The molecule has 0 aliphatic carbocycles. The number of hydrogen-bond acceptors (Lipinski definition) is 5. The van der Waals surface area contributed by atoms with Gasteiger partial charge in [-0.15, -0.1) is 0 Å². The zero-order valence-electron chi connectivity index (χ0n) is 10.0. The number of benzene rings is 1. The number of anilines is 1. The van der Waals surface area contributed by atoms with Crippen molar-refractivity contribution in [3.63, 3.8) is 0 Å². The molecule has 1 aromatic carbocycles. The first-order valence-electron chi connectivity index (χ1n) is 5.62. The molecule has 0 saturated carbocycles. The first-order valence-corrected chi connectivity index (χ1v) is 5.62. The number of rotatable bonds is 4. The van der Waals surface area contributed by atoms with Crippen molar-refractivity contribution in [2.45, 2.75) is 6.92 Å². The normalized spacial score (nSPS) is 10.6. The van der Waals surface area contributed by atoms with E-state index in [0.717, 1.165) is 10.9 Å². The second-order valence-corrected chi connectivity index (χ2v) is 3.96. The minimum Gasteiger partial charge on any atom is -0.368 e. The third-order valence-electron chi connectivity index (χ3n) is 2.75. The number of fused-ring (bicyclic) bond motifs is 1. The molecule has 1 heterocycles. The predicted octanol–water partition coefficient (Wildman–Crippen LogP) is 1.82. The number of aryl methyl sites for hydroxylation is 1. The molecule has 0 unspecified atom stereocenters. The lowest BCUT2D eigenvalue weighted by molar-refractivity contribution is -0.383. The number of non-ortho nitro benzene ring substituents is 1. The highest BCUT2D eigenvalue weighted by Gasteiger charge is 2.15. The highest BCUT2D eigenvalue weighted by molar-refractivity contribution is 5.99. The van der Waals surface area contributed by atoms with Crippen LogP contribution in [0.5, 0.6) is 0 Å². The van der Waals surface area contributed by atoms with Gasteiger partial charge in [0.2, 0.25) is 0 Å². The molecule has 1 aromatic heterocycles.